The van der Waals surface area contributed by atoms with Gasteiger partial charge in [0.05, 0.1) is 12.1 Å². The average molecular weight is 559 g/mol. The number of hydrogen-bond donors (Lipinski definition) is 3. The summed E-state index contributed by atoms with van der Waals surface area (Å²) in [5.74, 6) is 1.18. The van der Waals surface area contributed by atoms with Gasteiger partial charge in [0.25, 0.3) is 0 Å². The van der Waals surface area contributed by atoms with Gasteiger partial charge in [0.15, 0.2) is 11.6 Å². The largest absolute Gasteiger partial charge is 0.387 e. The van der Waals surface area contributed by atoms with Crippen molar-refractivity contribution in [3.05, 3.63) is 41.2 Å². The van der Waals surface area contributed by atoms with Crippen LogP contribution in [0.1, 0.15) is 129 Å². The first-order chi connectivity index (χ1) is 19.0. The minimum atomic E-state index is -0.802. The lowest BCUT2D eigenvalue weighted by molar-refractivity contribution is -0.122. The fraction of sp³-hybridized carbons (Fsp3) is 0.656. The minimum absolute atomic E-state index is 0.00804. The summed E-state index contributed by atoms with van der Waals surface area (Å²) in [5.41, 5.74) is 0.879. The molecule has 0 spiro atoms. The SMILES string of the molecule is CCCCCCCCCCCCCCCCCC(=O)N[C@@H](CC)[C@H](O)/C=C/c1nnc(-c2ccc(Cl)cc2)[nH]1. The topological polar surface area (TPSA) is 90.9 Å². The van der Waals surface area contributed by atoms with Gasteiger partial charge in [-0.15, -0.1) is 10.2 Å². The summed E-state index contributed by atoms with van der Waals surface area (Å²) < 4.78 is 0. The predicted octanol–water partition coefficient (Wildman–Crippen LogP) is 8.66. The number of halogens is 1. The molecule has 218 valence electrons. The number of carbonyl (C=O) groups excluding carboxylic acids is 1. The molecule has 0 saturated carbocycles. The molecule has 2 rings (SSSR count). The molecule has 0 fully saturated rings. The van der Waals surface area contributed by atoms with Crippen molar-refractivity contribution in [2.24, 2.45) is 0 Å². The highest BCUT2D eigenvalue weighted by atomic mass is 35.5. The zero-order valence-electron chi connectivity index (χ0n) is 24.3. The van der Waals surface area contributed by atoms with Crippen molar-refractivity contribution in [1.29, 1.82) is 0 Å². The van der Waals surface area contributed by atoms with Crippen LogP contribution in [0.15, 0.2) is 30.3 Å². The number of unbranched alkanes of at least 4 members (excludes halogenated alkanes) is 14. The molecule has 6 nitrogen and oxygen atoms in total. The first-order valence-corrected chi connectivity index (χ1v) is 15.8. The molecule has 1 amide bonds. The lowest BCUT2D eigenvalue weighted by Gasteiger charge is -2.20. The van der Waals surface area contributed by atoms with E-state index in [4.69, 9.17) is 11.6 Å². The highest BCUT2D eigenvalue weighted by Crippen LogP contribution is 2.18. The first-order valence-electron chi connectivity index (χ1n) is 15.4. The van der Waals surface area contributed by atoms with Gasteiger partial charge >= 0.3 is 0 Å². The molecule has 1 aromatic heterocycles. The van der Waals surface area contributed by atoms with Crippen molar-refractivity contribution in [3.8, 4) is 11.4 Å². The number of carbonyl (C=O) groups is 1. The van der Waals surface area contributed by atoms with E-state index in [9.17, 15) is 9.90 Å². The number of H-pyrrole nitrogens is 1. The number of aromatic nitrogens is 3. The summed E-state index contributed by atoms with van der Waals surface area (Å²) in [7, 11) is 0. The van der Waals surface area contributed by atoms with Crippen LogP contribution in [-0.4, -0.2) is 38.3 Å². The van der Waals surface area contributed by atoms with Crippen molar-refractivity contribution in [3.63, 3.8) is 0 Å². The standard InChI is InChI=1S/C32H51ClN4O2/c1-3-5-6-7-8-9-10-11-12-13-14-15-16-17-18-19-31(39)34-28(4-2)29(38)24-25-30-35-32(37-36-30)26-20-22-27(33)23-21-26/h20-25,28-29,38H,3-19H2,1-2H3,(H,34,39)(H,35,36,37)/b25-24+/t28-,29+/m0/s1. The lowest BCUT2D eigenvalue weighted by atomic mass is 10.0. The molecule has 2 atom stereocenters. The Morgan fingerprint density at radius 1 is 0.872 bits per heavy atom. The zero-order valence-corrected chi connectivity index (χ0v) is 25.0. The number of nitrogens with one attached hydrogen (secondary N) is 2. The van der Waals surface area contributed by atoms with Crippen LogP contribution in [0.5, 0.6) is 0 Å². The molecular weight excluding hydrogens is 508 g/mol. The Hall–Kier alpha value is -2.18. The van der Waals surface area contributed by atoms with Crippen LogP contribution < -0.4 is 5.32 Å². The van der Waals surface area contributed by atoms with E-state index in [-0.39, 0.29) is 11.9 Å². The molecule has 0 saturated heterocycles. The second-order valence-corrected chi connectivity index (χ2v) is 11.1. The Morgan fingerprint density at radius 2 is 1.41 bits per heavy atom. The maximum atomic E-state index is 12.4. The van der Waals surface area contributed by atoms with Gasteiger partial charge in [-0.3, -0.25) is 4.79 Å². The molecule has 1 aromatic carbocycles. The second kappa shape index (κ2) is 20.7. The summed E-state index contributed by atoms with van der Waals surface area (Å²) in [4.78, 5) is 15.5. The van der Waals surface area contributed by atoms with Gasteiger partial charge in [-0.05, 0) is 43.2 Å². The van der Waals surface area contributed by atoms with Crippen molar-refractivity contribution in [2.75, 3.05) is 0 Å². The van der Waals surface area contributed by atoms with Gasteiger partial charge in [0.2, 0.25) is 5.91 Å². The highest BCUT2D eigenvalue weighted by Gasteiger charge is 2.17. The van der Waals surface area contributed by atoms with Crippen molar-refractivity contribution >= 4 is 23.6 Å². The van der Waals surface area contributed by atoms with Gasteiger partial charge in [-0.2, -0.15) is 0 Å². The van der Waals surface area contributed by atoms with Crippen molar-refractivity contribution in [1.82, 2.24) is 20.5 Å². The van der Waals surface area contributed by atoms with E-state index in [1.54, 1.807) is 24.3 Å². The number of aliphatic hydroxyl groups excluding tert-OH is 1. The van der Waals surface area contributed by atoms with Crippen LogP contribution in [0.2, 0.25) is 5.02 Å². The fourth-order valence-electron chi connectivity index (χ4n) is 4.78. The van der Waals surface area contributed by atoms with Crippen LogP contribution >= 0.6 is 11.6 Å². The van der Waals surface area contributed by atoms with Crippen molar-refractivity contribution in [2.45, 2.75) is 135 Å². The number of aliphatic hydroxyl groups is 1. The Morgan fingerprint density at radius 3 is 1.95 bits per heavy atom. The summed E-state index contributed by atoms with van der Waals surface area (Å²) in [5, 5.41) is 22.5. The van der Waals surface area contributed by atoms with E-state index in [1.165, 1.54) is 83.5 Å². The van der Waals surface area contributed by atoms with Gasteiger partial charge in [0.1, 0.15) is 0 Å². The molecule has 0 radical (unpaired) electrons. The number of amides is 1. The number of rotatable bonds is 22. The maximum Gasteiger partial charge on any atom is 0.220 e. The Bertz CT molecular complexity index is 929. The third kappa shape index (κ3) is 14.7. The smallest absolute Gasteiger partial charge is 0.220 e. The number of aromatic amines is 1. The molecule has 0 unspecified atom stereocenters. The van der Waals surface area contributed by atoms with Crippen LogP contribution in [0.3, 0.4) is 0 Å². The molecular formula is C32H51ClN4O2. The van der Waals surface area contributed by atoms with Gasteiger partial charge < -0.3 is 15.4 Å². The predicted molar refractivity (Wildman–Crippen MR) is 164 cm³/mol. The average Bonchev–Trinajstić information content (AvgIpc) is 3.42. The van der Waals surface area contributed by atoms with E-state index in [1.807, 2.05) is 19.1 Å². The Balaban J connectivity index is 1.53. The lowest BCUT2D eigenvalue weighted by Crippen LogP contribution is -2.42. The van der Waals surface area contributed by atoms with Crippen LogP contribution in [0, 0.1) is 0 Å². The van der Waals surface area contributed by atoms with Crippen molar-refractivity contribution < 1.29 is 9.90 Å². The zero-order chi connectivity index (χ0) is 28.1. The highest BCUT2D eigenvalue weighted by molar-refractivity contribution is 6.30. The fourth-order valence-corrected chi connectivity index (χ4v) is 4.90. The third-order valence-electron chi connectivity index (χ3n) is 7.28. The molecule has 0 aliphatic carbocycles. The number of benzene rings is 1. The first kappa shape index (κ1) is 33.0. The molecule has 0 aliphatic rings. The van der Waals surface area contributed by atoms with E-state index >= 15 is 0 Å². The minimum Gasteiger partial charge on any atom is -0.387 e. The van der Waals surface area contributed by atoms with E-state index in [2.05, 4.69) is 27.4 Å². The van der Waals surface area contributed by atoms with E-state index in [0.717, 1.165) is 18.4 Å². The quantitative estimate of drug-likeness (QED) is 0.126. The van der Waals surface area contributed by atoms with Gasteiger partial charge in [-0.25, -0.2) is 0 Å². The Kier molecular flexibility index (Phi) is 17.5. The van der Waals surface area contributed by atoms with Crippen LogP contribution in [0.4, 0.5) is 0 Å². The van der Waals surface area contributed by atoms with Crippen LogP contribution in [0.25, 0.3) is 17.5 Å². The molecule has 0 aliphatic heterocycles. The Labute approximate surface area is 241 Å². The summed E-state index contributed by atoms with van der Waals surface area (Å²) in [6, 6.07) is 7.00. The molecule has 3 N–H and O–H groups in total. The molecule has 0 bridgehead atoms. The normalized spacial score (nSPS) is 13.1. The van der Waals surface area contributed by atoms with Gasteiger partial charge in [-0.1, -0.05) is 121 Å². The summed E-state index contributed by atoms with van der Waals surface area (Å²) in [6.45, 7) is 4.23. The monoisotopic (exact) mass is 558 g/mol. The van der Waals surface area contributed by atoms with Crippen LogP contribution in [-0.2, 0) is 4.79 Å². The van der Waals surface area contributed by atoms with E-state index in [0.29, 0.717) is 29.5 Å². The number of hydrogen-bond acceptors (Lipinski definition) is 4. The second-order valence-electron chi connectivity index (χ2n) is 10.7. The molecule has 7 heteroatoms. The van der Waals surface area contributed by atoms with E-state index < -0.39 is 6.10 Å². The molecule has 2 aromatic rings. The summed E-state index contributed by atoms with van der Waals surface area (Å²) in [6.07, 6.45) is 23.3. The number of nitrogens with zero attached hydrogens (tertiary/aromatic N) is 2. The maximum absolute atomic E-state index is 12.4. The van der Waals surface area contributed by atoms with Gasteiger partial charge in [0, 0.05) is 17.0 Å². The summed E-state index contributed by atoms with van der Waals surface area (Å²) >= 11 is 5.94. The third-order valence-corrected chi connectivity index (χ3v) is 7.53. The molecule has 39 heavy (non-hydrogen) atoms. The molecule has 1 heterocycles.